The highest BCUT2D eigenvalue weighted by Gasteiger charge is 2.31. The van der Waals surface area contributed by atoms with Crippen LogP contribution in [-0.2, 0) is 10.5 Å². The van der Waals surface area contributed by atoms with E-state index in [4.69, 9.17) is 4.74 Å². The minimum Gasteiger partial charge on any atom is -0.374 e. The van der Waals surface area contributed by atoms with Gasteiger partial charge in [-0.2, -0.15) is 0 Å². The standard InChI is InChI=1S/C32H29F2I3N2O/c1-18-13-23(16-27(36)30(18)32(3,33)38-24-14-19(2)31(39-34)28(37)17-24)25-11-10-22(15-26(25)35)20-6-8-21(9-7-20)29-5-4-12-40-29/h6-11,13-17,29,38-39H,4-5,12H2,1-3H3. The Morgan fingerprint density at radius 1 is 0.825 bits per heavy atom. The molecule has 1 saturated heterocycles. The molecule has 2 N–H and O–H groups in total. The van der Waals surface area contributed by atoms with Crippen molar-refractivity contribution in [3.05, 3.63) is 99.7 Å². The van der Waals surface area contributed by atoms with Crippen molar-refractivity contribution in [2.75, 3.05) is 17.5 Å². The van der Waals surface area contributed by atoms with Crippen LogP contribution in [0.3, 0.4) is 0 Å². The highest BCUT2D eigenvalue weighted by atomic mass is 127. The summed E-state index contributed by atoms with van der Waals surface area (Å²) in [6, 6.07) is 22.8. The number of ether oxygens (including phenoxy) is 1. The summed E-state index contributed by atoms with van der Waals surface area (Å²) in [4.78, 5) is 0. The number of aryl methyl sites for hydroxylation is 2. The smallest absolute Gasteiger partial charge is 0.204 e. The van der Waals surface area contributed by atoms with E-state index >= 15 is 4.39 Å². The first-order chi connectivity index (χ1) is 19.1. The predicted molar refractivity (Wildman–Crippen MR) is 186 cm³/mol. The Morgan fingerprint density at radius 3 is 2.12 bits per heavy atom. The van der Waals surface area contributed by atoms with Gasteiger partial charge in [0.2, 0.25) is 5.79 Å². The maximum absolute atomic E-state index is 16.2. The molecule has 0 saturated carbocycles. The van der Waals surface area contributed by atoms with Gasteiger partial charge in [0.25, 0.3) is 0 Å². The lowest BCUT2D eigenvalue weighted by Crippen LogP contribution is -2.28. The van der Waals surface area contributed by atoms with Crippen molar-refractivity contribution in [3.63, 3.8) is 0 Å². The molecule has 1 heterocycles. The number of anilines is 2. The van der Waals surface area contributed by atoms with Crippen LogP contribution >= 0.6 is 67.8 Å². The first kappa shape index (κ1) is 30.0. The molecule has 2 atom stereocenters. The molecule has 1 aliphatic heterocycles. The highest BCUT2D eigenvalue weighted by molar-refractivity contribution is 14.1. The van der Waals surface area contributed by atoms with Gasteiger partial charge in [-0.15, -0.1) is 4.48 Å². The molecule has 2 unspecified atom stereocenters. The van der Waals surface area contributed by atoms with Gasteiger partial charge in [0, 0.05) is 28.6 Å². The van der Waals surface area contributed by atoms with Gasteiger partial charge >= 0.3 is 0 Å². The van der Waals surface area contributed by atoms with Crippen LogP contribution in [0, 0.1) is 24.6 Å². The fraction of sp³-hybridized carbons (Fsp3) is 0.250. The van der Waals surface area contributed by atoms with Gasteiger partial charge in [0.15, 0.2) is 0 Å². The zero-order valence-electron chi connectivity index (χ0n) is 22.3. The molecule has 0 spiro atoms. The molecule has 0 amide bonds. The molecule has 0 radical (unpaired) electrons. The van der Waals surface area contributed by atoms with Crippen molar-refractivity contribution in [1.82, 2.24) is 0 Å². The summed E-state index contributed by atoms with van der Waals surface area (Å²) in [5, 5.41) is 3.03. The summed E-state index contributed by atoms with van der Waals surface area (Å²) in [5.41, 5.74) is 10.6. The van der Waals surface area contributed by atoms with E-state index in [2.05, 4.69) is 99.0 Å². The van der Waals surface area contributed by atoms with E-state index in [0.29, 0.717) is 26.1 Å². The number of rotatable bonds is 7. The second-order valence-corrected chi connectivity index (χ2v) is 13.8. The summed E-state index contributed by atoms with van der Waals surface area (Å²) in [7, 11) is 0. The van der Waals surface area contributed by atoms with E-state index in [-0.39, 0.29) is 6.10 Å². The minimum absolute atomic E-state index is 0.221. The normalized spacial score (nSPS) is 16.6. The Morgan fingerprint density at radius 2 is 1.52 bits per heavy atom. The van der Waals surface area contributed by atoms with E-state index in [9.17, 15) is 4.48 Å². The Hall–Kier alpha value is -1.51. The topological polar surface area (TPSA) is 33.3 Å². The SMILES string of the molecule is Cc1cc(NC(C)(F)c2c(C)cc(-c3ccc(-c4ccc(C5CCCO5)cc4)cc3I)cc2I)cc(I)c1NF. The van der Waals surface area contributed by atoms with Crippen molar-refractivity contribution in [2.45, 2.75) is 45.5 Å². The lowest BCUT2D eigenvalue weighted by molar-refractivity contribution is 0.112. The van der Waals surface area contributed by atoms with Gasteiger partial charge in [-0.05, 0) is 165 Å². The Bertz CT molecular complexity index is 1500. The molecule has 0 bridgehead atoms. The van der Waals surface area contributed by atoms with Crippen molar-refractivity contribution in [1.29, 1.82) is 0 Å². The highest BCUT2D eigenvalue weighted by Crippen LogP contribution is 2.39. The molecule has 1 fully saturated rings. The van der Waals surface area contributed by atoms with Crippen LogP contribution in [0.4, 0.5) is 20.2 Å². The second-order valence-electron chi connectivity index (χ2n) is 10.3. The summed E-state index contributed by atoms with van der Waals surface area (Å²) in [6.45, 7) is 6.12. The Balaban J connectivity index is 1.40. The number of alkyl halides is 1. The van der Waals surface area contributed by atoms with Gasteiger partial charge in [0.05, 0.1) is 11.8 Å². The fourth-order valence-electron chi connectivity index (χ4n) is 5.42. The molecule has 4 aromatic carbocycles. The number of nitrogens with one attached hydrogen (secondary N) is 2. The lowest BCUT2D eigenvalue weighted by Gasteiger charge is -2.28. The summed E-state index contributed by atoms with van der Waals surface area (Å²) in [5.74, 6) is -1.83. The molecular formula is C32H29F2I3N2O. The van der Waals surface area contributed by atoms with Crippen LogP contribution < -0.4 is 10.9 Å². The second kappa shape index (κ2) is 12.4. The Kier molecular flexibility index (Phi) is 9.28. The van der Waals surface area contributed by atoms with Gasteiger partial charge in [-0.1, -0.05) is 42.5 Å². The molecular weight excluding hydrogens is 847 g/mol. The molecule has 1 aliphatic rings. The largest absolute Gasteiger partial charge is 0.374 e. The zero-order valence-corrected chi connectivity index (χ0v) is 28.8. The lowest BCUT2D eigenvalue weighted by atomic mass is 9.94. The quantitative estimate of drug-likeness (QED) is 0.110. The van der Waals surface area contributed by atoms with E-state index < -0.39 is 5.79 Å². The van der Waals surface area contributed by atoms with Gasteiger partial charge in [0.1, 0.15) is 0 Å². The van der Waals surface area contributed by atoms with Crippen molar-refractivity contribution >= 4 is 79.1 Å². The maximum Gasteiger partial charge on any atom is 0.204 e. The van der Waals surface area contributed by atoms with Gasteiger partial charge < -0.3 is 10.1 Å². The van der Waals surface area contributed by atoms with Crippen molar-refractivity contribution in [2.24, 2.45) is 0 Å². The Labute approximate surface area is 275 Å². The first-order valence-corrected chi connectivity index (χ1v) is 16.3. The van der Waals surface area contributed by atoms with Crippen molar-refractivity contribution < 1.29 is 13.6 Å². The minimum atomic E-state index is -1.83. The van der Waals surface area contributed by atoms with E-state index in [1.165, 1.54) is 18.1 Å². The number of hydrogen-bond acceptors (Lipinski definition) is 3. The third-order valence-corrected chi connectivity index (χ3v) is 9.94. The molecule has 3 nitrogen and oxygen atoms in total. The van der Waals surface area contributed by atoms with Gasteiger partial charge in [-0.25, -0.2) is 9.93 Å². The van der Waals surface area contributed by atoms with Gasteiger partial charge in [-0.3, -0.25) is 0 Å². The molecule has 8 heteroatoms. The van der Waals surface area contributed by atoms with Crippen molar-refractivity contribution in [3.8, 4) is 22.3 Å². The molecule has 40 heavy (non-hydrogen) atoms. The molecule has 0 aromatic heterocycles. The average molecular weight is 876 g/mol. The molecule has 208 valence electrons. The monoisotopic (exact) mass is 876 g/mol. The summed E-state index contributed by atoms with van der Waals surface area (Å²) >= 11 is 6.66. The molecule has 4 aromatic rings. The molecule has 5 rings (SSSR count). The first-order valence-electron chi connectivity index (χ1n) is 13.0. The van der Waals surface area contributed by atoms with E-state index in [1.807, 2.05) is 35.6 Å². The number of hydrogen-bond donors (Lipinski definition) is 2. The van der Waals surface area contributed by atoms with Crippen LogP contribution in [0.15, 0.2) is 66.7 Å². The third kappa shape index (κ3) is 6.29. The molecule has 0 aliphatic carbocycles. The zero-order chi connectivity index (χ0) is 28.6. The van der Waals surface area contributed by atoms with E-state index in [0.717, 1.165) is 48.8 Å². The maximum atomic E-state index is 16.2. The third-order valence-electron chi connectivity index (χ3n) is 7.34. The van der Waals surface area contributed by atoms with Crippen LogP contribution in [0.25, 0.3) is 22.3 Å². The van der Waals surface area contributed by atoms with Crippen LogP contribution in [0.1, 0.15) is 48.1 Å². The van der Waals surface area contributed by atoms with Crippen LogP contribution in [0.2, 0.25) is 0 Å². The number of halogens is 5. The number of benzene rings is 4. The summed E-state index contributed by atoms with van der Waals surface area (Å²) in [6.07, 6.45) is 2.43. The predicted octanol–water partition coefficient (Wildman–Crippen LogP) is 10.9. The average Bonchev–Trinajstić information content (AvgIpc) is 3.43. The van der Waals surface area contributed by atoms with Crippen LogP contribution in [0.5, 0.6) is 0 Å². The van der Waals surface area contributed by atoms with E-state index in [1.54, 1.807) is 24.6 Å². The fourth-order valence-corrected chi connectivity index (χ4v) is 8.38. The summed E-state index contributed by atoms with van der Waals surface area (Å²) < 4.78 is 37.8. The van der Waals surface area contributed by atoms with Crippen LogP contribution in [-0.4, -0.2) is 6.61 Å².